The van der Waals surface area contributed by atoms with Crippen LogP contribution in [0.4, 0.5) is 5.69 Å². The Hall–Kier alpha value is -2.07. The molecule has 2 heterocycles. The van der Waals surface area contributed by atoms with Gasteiger partial charge in [-0.2, -0.15) is 0 Å². The second-order valence-corrected chi connectivity index (χ2v) is 4.30. The molecule has 0 radical (unpaired) electrons. The van der Waals surface area contributed by atoms with Crippen LogP contribution in [0.2, 0.25) is 0 Å². The maximum Gasteiger partial charge on any atom is 0.0702 e. The van der Waals surface area contributed by atoms with E-state index >= 15 is 0 Å². The molecule has 1 N–H and O–H groups in total. The predicted octanol–water partition coefficient (Wildman–Crippen LogP) is 2.65. The zero-order valence-corrected chi connectivity index (χ0v) is 10.6. The van der Waals surface area contributed by atoms with Gasteiger partial charge in [-0.05, 0) is 24.3 Å². The van der Waals surface area contributed by atoms with Crippen molar-refractivity contribution in [1.29, 1.82) is 0 Å². The van der Waals surface area contributed by atoms with Gasteiger partial charge in [0, 0.05) is 18.0 Å². The fourth-order valence-electron chi connectivity index (χ4n) is 2.18. The van der Waals surface area contributed by atoms with Crippen LogP contribution in [0, 0.1) is 0 Å². The number of hydrogen-bond donors (Lipinski definition) is 1. The van der Waals surface area contributed by atoms with E-state index in [0.717, 1.165) is 5.70 Å². The van der Waals surface area contributed by atoms with Gasteiger partial charge in [-0.3, -0.25) is 10.0 Å². The third kappa shape index (κ3) is 1.80. The Morgan fingerprint density at radius 3 is 2.72 bits per heavy atom. The van der Waals surface area contributed by atoms with Crippen molar-refractivity contribution in [1.82, 2.24) is 10.3 Å². The highest BCUT2D eigenvalue weighted by atomic mass is 32.1. The van der Waals surface area contributed by atoms with Gasteiger partial charge in [0.25, 0.3) is 0 Å². The van der Waals surface area contributed by atoms with Crippen molar-refractivity contribution in [3.05, 3.63) is 60.1 Å². The number of fused-ring (bicyclic) bond motifs is 3. The van der Waals surface area contributed by atoms with Crippen LogP contribution in [0.1, 0.15) is 5.56 Å². The summed E-state index contributed by atoms with van der Waals surface area (Å²) in [5, 5.41) is 7.33. The highest BCUT2D eigenvalue weighted by Crippen LogP contribution is 2.33. The molecule has 1 aromatic rings. The maximum absolute atomic E-state index is 4.82. The van der Waals surface area contributed by atoms with Gasteiger partial charge in [0.2, 0.25) is 0 Å². The first-order valence-corrected chi connectivity index (χ1v) is 6.27. The predicted molar refractivity (Wildman–Crippen MR) is 78.7 cm³/mol. The Morgan fingerprint density at radius 1 is 1.11 bits per heavy atom. The molecule has 0 unspecified atom stereocenters. The number of thiocarbonyl (C=S) groups is 1. The van der Waals surface area contributed by atoms with E-state index in [4.69, 9.17) is 12.2 Å². The van der Waals surface area contributed by atoms with Crippen LogP contribution in [0.25, 0.3) is 6.08 Å². The average Bonchev–Trinajstić information content (AvgIpc) is 2.45. The SMILES string of the molecule is S=CNCC1=Cc2ccccc2N2C=CC=CN12. The van der Waals surface area contributed by atoms with Crippen molar-refractivity contribution in [2.24, 2.45) is 0 Å². The molecule has 0 aromatic heterocycles. The molecule has 0 bridgehead atoms. The van der Waals surface area contributed by atoms with Gasteiger partial charge in [-0.15, -0.1) is 0 Å². The number of allylic oxidation sites excluding steroid dienone is 2. The summed E-state index contributed by atoms with van der Waals surface area (Å²) >= 11 is 4.82. The molecule has 0 amide bonds. The molecule has 0 spiro atoms. The molecule has 0 fully saturated rings. The molecule has 3 nitrogen and oxygen atoms in total. The molecule has 0 atom stereocenters. The largest absolute Gasteiger partial charge is 0.377 e. The van der Waals surface area contributed by atoms with Gasteiger partial charge in [-0.1, -0.05) is 30.4 Å². The summed E-state index contributed by atoms with van der Waals surface area (Å²) in [4.78, 5) is 0. The quantitative estimate of drug-likeness (QED) is 0.837. The lowest BCUT2D eigenvalue weighted by Crippen LogP contribution is -2.40. The Bertz CT molecular complexity index is 560. The normalized spacial score (nSPS) is 15.9. The molecule has 2 aliphatic rings. The van der Waals surface area contributed by atoms with E-state index in [1.54, 1.807) is 5.49 Å². The van der Waals surface area contributed by atoms with Crippen LogP contribution >= 0.6 is 12.2 Å². The lowest BCUT2D eigenvalue weighted by atomic mass is 10.1. The molecule has 0 aliphatic carbocycles. The van der Waals surface area contributed by atoms with Gasteiger partial charge >= 0.3 is 0 Å². The Morgan fingerprint density at radius 2 is 1.89 bits per heavy atom. The molecule has 18 heavy (non-hydrogen) atoms. The molecular weight excluding hydrogens is 242 g/mol. The fraction of sp³-hybridized carbons (Fsp3) is 0.0714. The molecule has 1 aromatic carbocycles. The molecule has 2 aliphatic heterocycles. The van der Waals surface area contributed by atoms with E-state index in [-0.39, 0.29) is 0 Å². The van der Waals surface area contributed by atoms with Crippen molar-refractivity contribution in [3.8, 4) is 0 Å². The van der Waals surface area contributed by atoms with Gasteiger partial charge in [0.15, 0.2) is 0 Å². The minimum Gasteiger partial charge on any atom is -0.377 e. The first-order valence-electron chi connectivity index (χ1n) is 5.80. The summed E-state index contributed by atoms with van der Waals surface area (Å²) in [7, 11) is 0. The molecule has 3 rings (SSSR count). The summed E-state index contributed by atoms with van der Waals surface area (Å²) < 4.78 is 0. The van der Waals surface area contributed by atoms with Crippen molar-refractivity contribution < 1.29 is 0 Å². The maximum atomic E-state index is 4.82. The number of benzene rings is 1. The fourth-order valence-corrected chi connectivity index (χ4v) is 2.26. The topological polar surface area (TPSA) is 18.5 Å². The summed E-state index contributed by atoms with van der Waals surface area (Å²) in [6.07, 6.45) is 10.3. The van der Waals surface area contributed by atoms with Crippen LogP contribution in [0.5, 0.6) is 0 Å². The lowest BCUT2D eigenvalue weighted by Gasteiger charge is -2.40. The number of rotatable bonds is 3. The smallest absolute Gasteiger partial charge is 0.0702 e. The molecular formula is C14H13N3S. The van der Waals surface area contributed by atoms with E-state index in [2.05, 4.69) is 51.9 Å². The van der Waals surface area contributed by atoms with Crippen molar-refractivity contribution in [2.45, 2.75) is 0 Å². The van der Waals surface area contributed by atoms with E-state index < -0.39 is 0 Å². The Labute approximate surface area is 112 Å². The minimum atomic E-state index is 0.715. The zero-order chi connectivity index (χ0) is 12.4. The van der Waals surface area contributed by atoms with Crippen molar-refractivity contribution >= 4 is 29.5 Å². The molecule has 0 saturated carbocycles. The number of hydrazine groups is 1. The second kappa shape index (κ2) is 4.66. The lowest BCUT2D eigenvalue weighted by molar-refractivity contribution is 0.452. The summed E-state index contributed by atoms with van der Waals surface area (Å²) in [5.74, 6) is 0. The first kappa shape index (κ1) is 11.0. The highest BCUT2D eigenvalue weighted by Gasteiger charge is 2.22. The van der Waals surface area contributed by atoms with Crippen LogP contribution in [-0.4, -0.2) is 17.0 Å². The van der Waals surface area contributed by atoms with Gasteiger partial charge in [-0.25, -0.2) is 0 Å². The Kier molecular flexibility index (Phi) is 2.86. The third-order valence-electron chi connectivity index (χ3n) is 2.96. The van der Waals surface area contributed by atoms with E-state index in [9.17, 15) is 0 Å². The second-order valence-electron chi connectivity index (χ2n) is 4.07. The van der Waals surface area contributed by atoms with E-state index in [1.165, 1.54) is 11.3 Å². The highest BCUT2D eigenvalue weighted by molar-refractivity contribution is 7.78. The number of nitrogens with one attached hydrogen (secondary N) is 1. The number of para-hydroxylation sites is 1. The van der Waals surface area contributed by atoms with Crippen LogP contribution in [-0.2, 0) is 0 Å². The van der Waals surface area contributed by atoms with Gasteiger partial charge in [0.05, 0.1) is 23.4 Å². The minimum absolute atomic E-state index is 0.715. The van der Waals surface area contributed by atoms with Crippen LogP contribution < -0.4 is 10.3 Å². The number of nitrogens with zero attached hydrogens (tertiary/aromatic N) is 2. The summed E-state index contributed by atoms with van der Waals surface area (Å²) in [5.41, 5.74) is 5.12. The van der Waals surface area contributed by atoms with Crippen molar-refractivity contribution in [3.63, 3.8) is 0 Å². The zero-order valence-electron chi connectivity index (χ0n) is 9.78. The molecule has 0 saturated heterocycles. The van der Waals surface area contributed by atoms with Gasteiger partial charge in [0.1, 0.15) is 0 Å². The van der Waals surface area contributed by atoms with Crippen molar-refractivity contribution in [2.75, 3.05) is 11.6 Å². The van der Waals surface area contributed by atoms with E-state index in [0.29, 0.717) is 6.54 Å². The Balaban J connectivity index is 2.04. The van der Waals surface area contributed by atoms with Gasteiger partial charge < -0.3 is 5.32 Å². The number of hydrogen-bond acceptors (Lipinski definition) is 3. The molecule has 90 valence electrons. The summed E-state index contributed by atoms with van der Waals surface area (Å²) in [6.45, 7) is 0.715. The average molecular weight is 255 g/mol. The van der Waals surface area contributed by atoms with Crippen LogP contribution in [0.15, 0.2) is 54.5 Å². The number of anilines is 1. The molecule has 4 heteroatoms. The third-order valence-corrected chi connectivity index (χ3v) is 3.13. The first-order chi connectivity index (χ1) is 8.90. The van der Waals surface area contributed by atoms with Crippen LogP contribution in [0.3, 0.4) is 0 Å². The standard InChI is InChI=1S/C14H13N3S/c18-11-15-10-13-9-12-5-1-2-6-14(12)17-8-4-3-7-16(13)17/h1-9,11H,10H2,(H,15,18). The summed E-state index contributed by atoms with van der Waals surface area (Å²) in [6, 6.07) is 8.35. The monoisotopic (exact) mass is 255 g/mol. The van der Waals surface area contributed by atoms with E-state index in [1.807, 2.05) is 18.4 Å².